The van der Waals surface area contributed by atoms with Gasteiger partial charge in [-0.05, 0) is 38.0 Å². The number of nitrogens with one attached hydrogen (secondary N) is 1. The number of aryl methyl sites for hydroxylation is 2. The van der Waals surface area contributed by atoms with Gasteiger partial charge in [-0.3, -0.25) is 4.79 Å². The number of nitrogens with zero attached hydrogens (tertiary/aromatic N) is 4. The van der Waals surface area contributed by atoms with Crippen LogP contribution in [0.3, 0.4) is 0 Å². The van der Waals surface area contributed by atoms with E-state index in [0.29, 0.717) is 39.8 Å². The van der Waals surface area contributed by atoms with Gasteiger partial charge in [-0.1, -0.05) is 23.2 Å². The number of amides is 1. The Morgan fingerprint density at radius 1 is 1.14 bits per heavy atom. The summed E-state index contributed by atoms with van der Waals surface area (Å²) in [4.78, 5) is 22.3. The summed E-state index contributed by atoms with van der Waals surface area (Å²) in [5.41, 5.74) is 1.16. The van der Waals surface area contributed by atoms with Crippen LogP contribution in [0.25, 0.3) is 22.6 Å². The molecule has 0 unspecified atom stereocenters. The zero-order valence-corrected chi connectivity index (χ0v) is 16.1. The lowest BCUT2D eigenvalue weighted by Gasteiger charge is -2.27. The third-order valence-corrected chi connectivity index (χ3v) is 5.40. The van der Waals surface area contributed by atoms with Crippen LogP contribution in [0.5, 0.6) is 0 Å². The number of carbonyl (C=O) groups excluding carboxylic acids is 1. The van der Waals surface area contributed by atoms with Crippen LogP contribution >= 0.6 is 0 Å². The number of hydrogen-bond donors (Lipinski definition) is 1. The topological polar surface area (TPSA) is 120 Å². The minimum absolute atomic E-state index is 0.263. The monoisotopic (exact) mass is 393 g/mol. The van der Waals surface area contributed by atoms with Gasteiger partial charge >= 0.3 is 0 Å². The molecule has 1 aliphatic rings. The number of carbonyl (C=O) groups is 1. The van der Waals surface area contributed by atoms with E-state index in [1.807, 2.05) is 0 Å². The van der Waals surface area contributed by atoms with Gasteiger partial charge in [0.15, 0.2) is 11.6 Å². The number of aromatic nitrogens is 4. The molecule has 4 heterocycles. The third kappa shape index (κ3) is 2.89. The predicted octanol–water partition coefficient (Wildman–Crippen LogP) is 3.68. The van der Waals surface area contributed by atoms with E-state index >= 15 is 0 Å². The Morgan fingerprint density at radius 2 is 1.97 bits per heavy atom. The molecular formula is C20H19N5O4. The zero-order valence-electron chi connectivity index (χ0n) is 16.1. The SMILES string of the molecule is Cc1nc(C2(NC(=O)c3cc(-c4ccco4)nc4onc(C)c34)CCCC2)no1. The molecule has 1 saturated carbocycles. The zero-order chi connectivity index (χ0) is 20.0. The highest BCUT2D eigenvalue weighted by molar-refractivity contribution is 6.07. The Kier molecular flexibility index (Phi) is 3.97. The van der Waals surface area contributed by atoms with Gasteiger partial charge < -0.3 is 18.8 Å². The van der Waals surface area contributed by atoms with Crippen LogP contribution in [0.15, 0.2) is 37.9 Å². The first-order chi connectivity index (χ1) is 14.1. The molecule has 5 rings (SSSR count). The van der Waals surface area contributed by atoms with Crippen molar-refractivity contribution in [1.29, 1.82) is 0 Å². The highest BCUT2D eigenvalue weighted by atomic mass is 16.5. The number of furan rings is 1. The molecule has 1 aliphatic carbocycles. The van der Waals surface area contributed by atoms with Crippen molar-refractivity contribution in [2.24, 2.45) is 0 Å². The minimum atomic E-state index is -0.652. The molecule has 0 atom stereocenters. The van der Waals surface area contributed by atoms with E-state index in [0.717, 1.165) is 25.7 Å². The molecule has 0 bridgehead atoms. The van der Waals surface area contributed by atoms with E-state index < -0.39 is 5.54 Å². The molecule has 148 valence electrons. The molecule has 4 aromatic heterocycles. The molecule has 0 aliphatic heterocycles. The average molecular weight is 393 g/mol. The molecule has 0 saturated heterocycles. The first-order valence-corrected chi connectivity index (χ1v) is 9.50. The Balaban J connectivity index is 1.59. The predicted molar refractivity (Wildman–Crippen MR) is 101 cm³/mol. The molecule has 29 heavy (non-hydrogen) atoms. The van der Waals surface area contributed by atoms with E-state index in [2.05, 4.69) is 25.6 Å². The molecule has 1 fully saturated rings. The second-order valence-corrected chi connectivity index (χ2v) is 7.36. The van der Waals surface area contributed by atoms with Gasteiger partial charge in [0.25, 0.3) is 11.6 Å². The number of pyridine rings is 1. The average Bonchev–Trinajstić information content (AvgIpc) is 3.49. The summed E-state index contributed by atoms with van der Waals surface area (Å²) in [7, 11) is 0. The largest absolute Gasteiger partial charge is 0.463 e. The van der Waals surface area contributed by atoms with Crippen molar-refractivity contribution in [1.82, 2.24) is 25.6 Å². The molecule has 1 N–H and O–H groups in total. The van der Waals surface area contributed by atoms with Crippen LogP contribution in [0.2, 0.25) is 0 Å². The molecule has 0 aromatic carbocycles. The van der Waals surface area contributed by atoms with Crippen molar-refractivity contribution < 1.29 is 18.3 Å². The van der Waals surface area contributed by atoms with Gasteiger partial charge in [0.2, 0.25) is 5.89 Å². The normalized spacial score (nSPS) is 15.8. The summed E-state index contributed by atoms with van der Waals surface area (Å²) in [6, 6.07) is 5.24. The molecule has 9 heteroatoms. The van der Waals surface area contributed by atoms with Crippen LogP contribution < -0.4 is 5.32 Å². The Labute approximate surface area is 165 Å². The second-order valence-electron chi connectivity index (χ2n) is 7.36. The first-order valence-electron chi connectivity index (χ1n) is 9.50. The fourth-order valence-corrected chi connectivity index (χ4v) is 3.99. The number of hydrogen-bond acceptors (Lipinski definition) is 8. The van der Waals surface area contributed by atoms with Gasteiger partial charge in [-0.15, -0.1) is 0 Å². The van der Waals surface area contributed by atoms with E-state index in [-0.39, 0.29) is 11.6 Å². The Bertz CT molecular complexity index is 1190. The Hall–Kier alpha value is -3.49. The lowest BCUT2D eigenvalue weighted by atomic mass is 9.95. The maximum absolute atomic E-state index is 13.4. The van der Waals surface area contributed by atoms with Crippen molar-refractivity contribution in [2.45, 2.75) is 45.1 Å². The summed E-state index contributed by atoms with van der Waals surface area (Å²) < 4.78 is 16.0. The molecule has 4 aromatic rings. The van der Waals surface area contributed by atoms with Crippen LogP contribution in [0.4, 0.5) is 0 Å². The van der Waals surface area contributed by atoms with Crippen LogP contribution in [0.1, 0.15) is 53.5 Å². The summed E-state index contributed by atoms with van der Waals surface area (Å²) >= 11 is 0. The third-order valence-electron chi connectivity index (χ3n) is 5.40. The van der Waals surface area contributed by atoms with E-state index in [4.69, 9.17) is 13.5 Å². The van der Waals surface area contributed by atoms with Gasteiger partial charge in [-0.25, -0.2) is 4.98 Å². The lowest BCUT2D eigenvalue weighted by Crippen LogP contribution is -2.44. The van der Waals surface area contributed by atoms with Gasteiger partial charge in [-0.2, -0.15) is 4.98 Å². The highest BCUT2D eigenvalue weighted by Crippen LogP contribution is 2.38. The van der Waals surface area contributed by atoms with Gasteiger partial charge in [0.1, 0.15) is 11.2 Å². The van der Waals surface area contributed by atoms with E-state index in [1.54, 1.807) is 38.3 Å². The number of fused-ring (bicyclic) bond motifs is 1. The summed E-state index contributed by atoms with van der Waals surface area (Å²) in [6.07, 6.45) is 5.00. The second kappa shape index (κ2) is 6.54. The maximum atomic E-state index is 13.4. The van der Waals surface area contributed by atoms with Crippen LogP contribution in [-0.4, -0.2) is 26.2 Å². The molecular weight excluding hydrogens is 374 g/mol. The number of rotatable bonds is 4. The quantitative estimate of drug-likeness (QED) is 0.557. The molecule has 0 spiro atoms. The molecule has 1 amide bonds. The van der Waals surface area contributed by atoms with Crippen molar-refractivity contribution in [2.75, 3.05) is 0 Å². The molecule has 9 nitrogen and oxygen atoms in total. The fraction of sp³-hybridized carbons (Fsp3) is 0.350. The summed E-state index contributed by atoms with van der Waals surface area (Å²) in [6.45, 7) is 3.52. The Morgan fingerprint density at radius 3 is 2.66 bits per heavy atom. The standard InChI is InChI=1S/C20H19N5O4/c1-11-16-13(10-14(15-6-5-9-27-15)22-18(16)29-24-11)17(26)23-20(7-3-4-8-20)19-21-12(2)28-25-19/h5-6,9-10H,3-4,7-8H2,1-2H3,(H,23,26). The van der Waals surface area contributed by atoms with Crippen molar-refractivity contribution in [3.63, 3.8) is 0 Å². The van der Waals surface area contributed by atoms with E-state index in [9.17, 15) is 4.79 Å². The smallest absolute Gasteiger partial charge is 0.259 e. The van der Waals surface area contributed by atoms with Crippen molar-refractivity contribution in [3.05, 3.63) is 47.4 Å². The fourth-order valence-electron chi connectivity index (χ4n) is 3.99. The maximum Gasteiger partial charge on any atom is 0.259 e. The van der Waals surface area contributed by atoms with Crippen molar-refractivity contribution in [3.8, 4) is 11.5 Å². The van der Waals surface area contributed by atoms with Gasteiger partial charge in [0.05, 0.1) is 22.9 Å². The summed E-state index contributed by atoms with van der Waals surface area (Å²) in [5.74, 6) is 1.27. The molecule has 0 radical (unpaired) electrons. The first kappa shape index (κ1) is 17.6. The van der Waals surface area contributed by atoms with E-state index in [1.165, 1.54) is 0 Å². The highest BCUT2D eigenvalue weighted by Gasteiger charge is 2.41. The van der Waals surface area contributed by atoms with Gasteiger partial charge in [0, 0.05) is 6.92 Å². The van der Waals surface area contributed by atoms with Crippen LogP contribution in [-0.2, 0) is 5.54 Å². The summed E-state index contributed by atoms with van der Waals surface area (Å²) in [5, 5.41) is 11.8. The van der Waals surface area contributed by atoms with Crippen LogP contribution in [0, 0.1) is 13.8 Å². The van der Waals surface area contributed by atoms with Crippen molar-refractivity contribution >= 4 is 17.0 Å². The lowest BCUT2D eigenvalue weighted by molar-refractivity contribution is 0.0893. The minimum Gasteiger partial charge on any atom is -0.463 e.